The molecule has 1 aliphatic heterocycles. The summed E-state index contributed by atoms with van der Waals surface area (Å²) in [4.78, 5) is 16.6. The van der Waals surface area contributed by atoms with Gasteiger partial charge < -0.3 is 4.90 Å². The first-order valence-corrected chi connectivity index (χ1v) is 9.18. The summed E-state index contributed by atoms with van der Waals surface area (Å²) >= 11 is 5.91. The summed E-state index contributed by atoms with van der Waals surface area (Å²) in [6.07, 6.45) is 2.04. The van der Waals surface area contributed by atoms with E-state index in [9.17, 15) is 4.79 Å². The van der Waals surface area contributed by atoms with Crippen molar-refractivity contribution in [2.75, 3.05) is 37.6 Å². The highest BCUT2D eigenvalue weighted by Gasteiger charge is 2.17. The third kappa shape index (κ3) is 5.58. The van der Waals surface area contributed by atoms with Gasteiger partial charge in [-0.3, -0.25) is 9.69 Å². The second-order valence-corrected chi connectivity index (χ2v) is 6.70. The number of halogens is 1. The fraction of sp³-hybridized carbons (Fsp3) is 0.300. The maximum Gasteiger partial charge on any atom is 0.241 e. The number of rotatable bonds is 6. The number of hydrazone groups is 1. The Bertz CT molecular complexity index is 742. The van der Waals surface area contributed by atoms with E-state index in [1.807, 2.05) is 18.2 Å². The predicted octanol–water partition coefficient (Wildman–Crippen LogP) is 3.00. The number of para-hydroxylation sites is 1. The molecule has 1 amide bonds. The fourth-order valence-corrected chi connectivity index (χ4v) is 3.15. The van der Waals surface area contributed by atoms with Crippen LogP contribution in [0.15, 0.2) is 59.7 Å². The highest BCUT2D eigenvalue weighted by Crippen LogP contribution is 2.15. The summed E-state index contributed by atoms with van der Waals surface area (Å²) in [5.41, 5.74) is 4.70. The number of piperazine rings is 1. The molecule has 2 aromatic carbocycles. The molecule has 136 valence electrons. The van der Waals surface area contributed by atoms with Crippen LogP contribution in [0.3, 0.4) is 0 Å². The molecule has 1 saturated heterocycles. The Balaban J connectivity index is 1.36. The maximum absolute atomic E-state index is 11.9. The lowest BCUT2D eigenvalue weighted by Gasteiger charge is -2.36. The van der Waals surface area contributed by atoms with Crippen molar-refractivity contribution in [3.05, 3.63) is 65.2 Å². The average molecular weight is 371 g/mol. The summed E-state index contributed by atoms with van der Waals surface area (Å²) in [5, 5.41) is 4.64. The molecule has 0 bridgehead atoms. The number of nitrogens with one attached hydrogen (secondary N) is 1. The summed E-state index contributed by atoms with van der Waals surface area (Å²) in [6, 6.07) is 17.8. The molecule has 1 aliphatic rings. The van der Waals surface area contributed by atoms with Crippen LogP contribution in [0.2, 0.25) is 5.02 Å². The SMILES string of the molecule is O=C(CCN1CCN(c2ccccc2)CC1)NN=Cc1cccc(Cl)c1. The lowest BCUT2D eigenvalue weighted by Crippen LogP contribution is -2.47. The van der Waals surface area contributed by atoms with Crippen LogP contribution in [0.25, 0.3) is 0 Å². The van der Waals surface area contributed by atoms with E-state index in [1.54, 1.807) is 18.3 Å². The third-order valence-electron chi connectivity index (χ3n) is 4.40. The number of carbonyl (C=O) groups is 1. The number of amides is 1. The molecule has 2 aromatic rings. The minimum atomic E-state index is -0.0752. The van der Waals surface area contributed by atoms with Crippen molar-refractivity contribution in [2.45, 2.75) is 6.42 Å². The summed E-state index contributed by atoms with van der Waals surface area (Å²) in [6.45, 7) is 4.65. The van der Waals surface area contributed by atoms with E-state index in [1.165, 1.54) is 5.69 Å². The second-order valence-electron chi connectivity index (χ2n) is 6.26. The van der Waals surface area contributed by atoms with Crippen molar-refractivity contribution >= 4 is 29.4 Å². The topological polar surface area (TPSA) is 47.9 Å². The summed E-state index contributed by atoms with van der Waals surface area (Å²) in [7, 11) is 0. The quantitative estimate of drug-likeness (QED) is 0.628. The van der Waals surface area contributed by atoms with E-state index in [4.69, 9.17) is 11.6 Å². The molecule has 0 atom stereocenters. The zero-order valence-electron chi connectivity index (χ0n) is 14.6. The molecule has 1 N–H and O–H groups in total. The lowest BCUT2D eigenvalue weighted by molar-refractivity contribution is -0.121. The largest absolute Gasteiger partial charge is 0.369 e. The highest BCUT2D eigenvalue weighted by atomic mass is 35.5. The maximum atomic E-state index is 11.9. The minimum absolute atomic E-state index is 0.0752. The molecule has 1 heterocycles. The van der Waals surface area contributed by atoms with Crippen LogP contribution in [-0.4, -0.2) is 49.7 Å². The first-order chi connectivity index (χ1) is 12.7. The second kappa shape index (κ2) is 9.36. The molecule has 6 heteroatoms. The van der Waals surface area contributed by atoms with Crippen molar-refractivity contribution < 1.29 is 4.79 Å². The molecule has 0 aliphatic carbocycles. The fourth-order valence-electron chi connectivity index (χ4n) is 2.95. The van der Waals surface area contributed by atoms with Gasteiger partial charge in [-0.05, 0) is 29.8 Å². The molecule has 26 heavy (non-hydrogen) atoms. The molecule has 5 nitrogen and oxygen atoms in total. The van der Waals surface area contributed by atoms with Crippen LogP contribution < -0.4 is 10.3 Å². The summed E-state index contributed by atoms with van der Waals surface area (Å²) in [5.74, 6) is -0.0752. The van der Waals surface area contributed by atoms with Crippen molar-refractivity contribution in [2.24, 2.45) is 5.10 Å². The van der Waals surface area contributed by atoms with Gasteiger partial charge in [-0.15, -0.1) is 0 Å². The van der Waals surface area contributed by atoms with E-state index in [-0.39, 0.29) is 5.91 Å². The Hall–Kier alpha value is -2.37. The Morgan fingerprint density at radius 3 is 2.58 bits per heavy atom. The van der Waals surface area contributed by atoms with Crippen molar-refractivity contribution in [1.82, 2.24) is 10.3 Å². The van der Waals surface area contributed by atoms with Gasteiger partial charge in [-0.2, -0.15) is 5.10 Å². The third-order valence-corrected chi connectivity index (χ3v) is 4.64. The first kappa shape index (κ1) is 18.4. The zero-order valence-corrected chi connectivity index (χ0v) is 15.4. The molecule has 1 fully saturated rings. The van der Waals surface area contributed by atoms with Crippen molar-refractivity contribution in [3.8, 4) is 0 Å². The predicted molar refractivity (Wildman–Crippen MR) is 107 cm³/mol. The van der Waals surface area contributed by atoms with Gasteiger partial charge >= 0.3 is 0 Å². The van der Waals surface area contributed by atoms with Crippen LogP contribution in [0, 0.1) is 0 Å². The van der Waals surface area contributed by atoms with Crippen LogP contribution in [0.5, 0.6) is 0 Å². The zero-order chi connectivity index (χ0) is 18.2. The Morgan fingerprint density at radius 2 is 1.85 bits per heavy atom. The van der Waals surface area contributed by atoms with Crippen molar-refractivity contribution in [1.29, 1.82) is 0 Å². The van der Waals surface area contributed by atoms with Gasteiger partial charge in [0.2, 0.25) is 5.91 Å². The molecular formula is C20H23ClN4O. The van der Waals surface area contributed by atoms with E-state index in [0.717, 1.165) is 38.3 Å². The van der Waals surface area contributed by atoms with E-state index >= 15 is 0 Å². The number of benzene rings is 2. The van der Waals surface area contributed by atoms with Crippen molar-refractivity contribution in [3.63, 3.8) is 0 Å². The van der Waals surface area contributed by atoms with E-state index < -0.39 is 0 Å². The van der Waals surface area contributed by atoms with Gasteiger partial charge in [0.1, 0.15) is 0 Å². The van der Waals surface area contributed by atoms with Gasteiger partial charge in [-0.25, -0.2) is 5.43 Å². The number of hydrogen-bond acceptors (Lipinski definition) is 4. The number of carbonyl (C=O) groups excluding carboxylic acids is 1. The van der Waals surface area contributed by atoms with Crippen LogP contribution in [0.4, 0.5) is 5.69 Å². The molecule has 0 unspecified atom stereocenters. The molecular weight excluding hydrogens is 348 g/mol. The molecule has 0 aromatic heterocycles. The molecule has 0 spiro atoms. The van der Waals surface area contributed by atoms with E-state index in [2.05, 4.69) is 44.6 Å². The van der Waals surface area contributed by atoms with Gasteiger partial charge in [0.15, 0.2) is 0 Å². The Kier molecular flexibility index (Phi) is 6.63. The standard InChI is InChI=1S/C20H23ClN4O/c21-18-6-4-5-17(15-18)16-22-23-20(26)9-10-24-11-13-25(14-12-24)19-7-2-1-3-8-19/h1-8,15-16H,9-14H2,(H,23,26). The Labute approximate surface area is 159 Å². The molecule has 0 radical (unpaired) electrons. The smallest absolute Gasteiger partial charge is 0.241 e. The lowest BCUT2D eigenvalue weighted by atomic mass is 10.2. The van der Waals surface area contributed by atoms with Crippen LogP contribution in [-0.2, 0) is 4.79 Å². The van der Waals surface area contributed by atoms with Crippen LogP contribution in [0.1, 0.15) is 12.0 Å². The van der Waals surface area contributed by atoms with Gasteiger partial charge in [0.25, 0.3) is 0 Å². The van der Waals surface area contributed by atoms with Crippen LogP contribution >= 0.6 is 11.6 Å². The number of nitrogens with zero attached hydrogens (tertiary/aromatic N) is 3. The van der Waals surface area contributed by atoms with Gasteiger partial charge in [0.05, 0.1) is 6.21 Å². The highest BCUT2D eigenvalue weighted by molar-refractivity contribution is 6.30. The normalized spacial score (nSPS) is 15.3. The molecule has 3 rings (SSSR count). The van der Waals surface area contributed by atoms with Gasteiger partial charge in [-0.1, -0.05) is 41.9 Å². The first-order valence-electron chi connectivity index (χ1n) is 8.80. The van der Waals surface area contributed by atoms with Gasteiger partial charge in [0, 0.05) is 49.9 Å². The van der Waals surface area contributed by atoms with E-state index in [0.29, 0.717) is 11.4 Å². The average Bonchev–Trinajstić information content (AvgIpc) is 2.68. The Morgan fingerprint density at radius 1 is 1.08 bits per heavy atom. The minimum Gasteiger partial charge on any atom is -0.369 e. The molecule has 0 saturated carbocycles. The summed E-state index contributed by atoms with van der Waals surface area (Å²) < 4.78 is 0. The number of anilines is 1. The monoisotopic (exact) mass is 370 g/mol. The number of hydrogen-bond donors (Lipinski definition) is 1.